The fourth-order valence-corrected chi connectivity index (χ4v) is 3.29. The van der Waals surface area contributed by atoms with E-state index in [1.54, 1.807) is 0 Å². The van der Waals surface area contributed by atoms with Crippen molar-refractivity contribution >= 4 is 5.57 Å². The highest BCUT2D eigenvalue weighted by atomic mass is 14.4. The van der Waals surface area contributed by atoms with Crippen LogP contribution < -0.4 is 0 Å². The van der Waals surface area contributed by atoms with E-state index in [1.807, 2.05) is 0 Å². The molecule has 4 rings (SSSR count). The summed E-state index contributed by atoms with van der Waals surface area (Å²) in [4.78, 5) is 0. The van der Waals surface area contributed by atoms with Crippen LogP contribution in [-0.4, -0.2) is 0 Å². The summed E-state index contributed by atoms with van der Waals surface area (Å²) in [5, 5.41) is 0. The maximum Gasteiger partial charge on any atom is -0.0155 e. The van der Waals surface area contributed by atoms with Gasteiger partial charge in [-0.3, -0.25) is 0 Å². The van der Waals surface area contributed by atoms with Gasteiger partial charge in [-0.25, -0.2) is 0 Å². The second-order valence-corrected chi connectivity index (χ2v) is 6.86. The number of aryl methyl sites for hydroxylation is 1. The minimum Gasteiger partial charge on any atom is -0.0802 e. The molecule has 2 aliphatic carbocycles. The van der Waals surface area contributed by atoms with Crippen molar-refractivity contribution in [1.29, 1.82) is 0 Å². The third kappa shape index (κ3) is 3.07. The Kier molecular flexibility index (Phi) is 3.53. The average molecular weight is 298 g/mol. The van der Waals surface area contributed by atoms with Gasteiger partial charge in [0.1, 0.15) is 0 Å². The van der Waals surface area contributed by atoms with Crippen LogP contribution >= 0.6 is 0 Å². The van der Waals surface area contributed by atoms with Crippen LogP contribution in [0.25, 0.3) is 16.7 Å². The first kappa shape index (κ1) is 14.3. The van der Waals surface area contributed by atoms with Gasteiger partial charge in [0.15, 0.2) is 0 Å². The maximum atomic E-state index is 2.43. The van der Waals surface area contributed by atoms with Crippen LogP contribution in [0.5, 0.6) is 0 Å². The van der Waals surface area contributed by atoms with Crippen molar-refractivity contribution in [3.05, 3.63) is 89.5 Å². The number of rotatable bonds is 3. The van der Waals surface area contributed by atoms with Crippen LogP contribution in [-0.2, 0) is 0 Å². The molecule has 2 atom stereocenters. The van der Waals surface area contributed by atoms with Crippen LogP contribution in [0.1, 0.15) is 24.5 Å². The molecule has 0 radical (unpaired) electrons. The van der Waals surface area contributed by atoms with Crippen molar-refractivity contribution < 1.29 is 0 Å². The lowest BCUT2D eigenvalue weighted by atomic mass is 9.98. The number of fused-ring (bicyclic) bond motifs is 1. The summed E-state index contributed by atoms with van der Waals surface area (Å²) in [6, 6.07) is 17.6. The lowest BCUT2D eigenvalue weighted by molar-refractivity contribution is 0.971. The molecule has 0 amide bonds. The molecule has 1 saturated carbocycles. The SMILES string of the molecule is CC(=CC1=CC2CC2C=C1)c1ccc(-c2ccc(C)cc2)cc1. The van der Waals surface area contributed by atoms with E-state index in [-0.39, 0.29) is 0 Å². The van der Waals surface area contributed by atoms with Crippen molar-refractivity contribution in [3.63, 3.8) is 0 Å². The van der Waals surface area contributed by atoms with Gasteiger partial charge < -0.3 is 0 Å². The first-order chi connectivity index (χ1) is 11.2. The molecule has 0 bridgehead atoms. The van der Waals surface area contributed by atoms with Gasteiger partial charge >= 0.3 is 0 Å². The molecule has 2 unspecified atom stereocenters. The molecule has 0 aliphatic heterocycles. The molecular weight excluding hydrogens is 276 g/mol. The highest BCUT2D eigenvalue weighted by Gasteiger charge is 2.34. The minimum atomic E-state index is 0.808. The van der Waals surface area contributed by atoms with E-state index < -0.39 is 0 Å². The molecule has 0 heterocycles. The highest BCUT2D eigenvalue weighted by Crippen LogP contribution is 2.44. The molecule has 2 aliphatic rings. The van der Waals surface area contributed by atoms with E-state index in [4.69, 9.17) is 0 Å². The van der Waals surface area contributed by atoms with Crippen LogP contribution in [0, 0.1) is 18.8 Å². The Morgan fingerprint density at radius 1 is 0.913 bits per heavy atom. The molecule has 2 aromatic rings. The molecule has 0 N–H and O–H groups in total. The Labute approximate surface area is 138 Å². The third-order valence-corrected chi connectivity index (χ3v) is 4.94. The van der Waals surface area contributed by atoms with Gasteiger partial charge in [0, 0.05) is 0 Å². The zero-order valence-corrected chi connectivity index (χ0v) is 13.8. The van der Waals surface area contributed by atoms with E-state index >= 15 is 0 Å². The summed E-state index contributed by atoms with van der Waals surface area (Å²) in [5.74, 6) is 1.64. The monoisotopic (exact) mass is 298 g/mol. The fourth-order valence-electron chi connectivity index (χ4n) is 3.29. The van der Waals surface area contributed by atoms with E-state index in [1.165, 1.54) is 39.8 Å². The third-order valence-electron chi connectivity index (χ3n) is 4.94. The Bertz CT molecular complexity index is 798. The molecule has 2 aromatic carbocycles. The van der Waals surface area contributed by atoms with Crippen molar-refractivity contribution in [1.82, 2.24) is 0 Å². The molecule has 0 spiro atoms. The van der Waals surface area contributed by atoms with Crippen molar-refractivity contribution in [2.24, 2.45) is 11.8 Å². The van der Waals surface area contributed by atoms with E-state index in [9.17, 15) is 0 Å². The van der Waals surface area contributed by atoms with Crippen LogP contribution in [0.3, 0.4) is 0 Å². The second kappa shape index (κ2) is 5.70. The summed E-state index contributed by atoms with van der Waals surface area (Å²) in [6.07, 6.45) is 10.7. The predicted molar refractivity (Wildman–Crippen MR) is 99.1 cm³/mol. The minimum absolute atomic E-state index is 0.808. The van der Waals surface area contributed by atoms with E-state index in [0.717, 1.165) is 11.8 Å². The van der Waals surface area contributed by atoms with Crippen LogP contribution in [0.2, 0.25) is 0 Å². The van der Waals surface area contributed by atoms with E-state index in [0.29, 0.717) is 0 Å². The smallest absolute Gasteiger partial charge is 0.0155 e. The molecule has 0 aromatic heterocycles. The Hall–Kier alpha value is -2.34. The van der Waals surface area contributed by atoms with Crippen LogP contribution in [0.15, 0.2) is 78.4 Å². The van der Waals surface area contributed by atoms with Gasteiger partial charge in [-0.05, 0) is 59.9 Å². The standard InChI is InChI=1S/C23H22/c1-16-3-6-20(7-4-16)21-11-9-19(10-12-21)17(2)13-18-5-8-22-15-23(22)14-18/h3-14,22-23H,15H2,1-2H3. The van der Waals surface area contributed by atoms with Crippen molar-refractivity contribution in [2.75, 3.05) is 0 Å². The normalized spacial score (nSPS) is 22.5. The topological polar surface area (TPSA) is 0 Å². The Balaban J connectivity index is 1.55. The highest BCUT2D eigenvalue weighted by molar-refractivity contribution is 5.71. The average Bonchev–Trinajstić information content (AvgIpc) is 3.34. The predicted octanol–water partition coefficient (Wildman–Crippen LogP) is 6.20. The molecule has 23 heavy (non-hydrogen) atoms. The summed E-state index contributed by atoms with van der Waals surface area (Å²) in [7, 11) is 0. The summed E-state index contributed by atoms with van der Waals surface area (Å²) < 4.78 is 0. The quantitative estimate of drug-likeness (QED) is 0.633. The van der Waals surface area contributed by atoms with Gasteiger partial charge in [0.25, 0.3) is 0 Å². The van der Waals surface area contributed by atoms with Gasteiger partial charge in [0.05, 0.1) is 0 Å². The first-order valence-electron chi connectivity index (χ1n) is 8.45. The first-order valence-corrected chi connectivity index (χ1v) is 8.45. The maximum absolute atomic E-state index is 2.43. The number of benzene rings is 2. The molecule has 1 fully saturated rings. The number of hydrogen-bond acceptors (Lipinski definition) is 0. The van der Waals surface area contributed by atoms with E-state index in [2.05, 4.69) is 86.7 Å². The molecule has 0 saturated heterocycles. The Morgan fingerprint density at radius 2 is 1.57 bits per heavy atom. The fraction of sp³-hybridized carbons (Fsp3) is 0.217. The number of hydrogen-bond donors (Lipinski definition) is 0. The van der Waals surface area contributed by atoms with Crippen LogP contribution in [0.4, 0.5) is 0 Å². The summed E-state index contributed by atoms with van der Waals surface area (Å²) in [5.41, 5.74) is 7.85. The molecular formula is C23H22. The molecule has 114 valence electrons. The lowest BCUT2D eigenvalue weighted by Gasteiger charge is -2.07. The largest absolute Gasteiger partial charge is 0.0802 e. The molecule has 0 heteroatoms. The van der Waals surface area contributed by atoms with Gasteiger partial charge in [-0.1, -0.05) is 78.4 Å². The van der Waals surface area contributed by atoms with Crippen molar-refractivity contribution in [3.8, 4) is 11.1 Å². The lowest BCUT2D eigenvalue weighted by Crippen LogP contribution is -1.87. The summed E-state index contributed by atoms with van der Waals surface area (Å²) in [6.45, 7) is 4.33. The van der Waals surface area contributed by atoms with Crippen molar-refractivity contribution in [2.45, 2.75) is 20.3 Å². The summed E-state index contributed by atoms with van der Waals surface area (Å²) >= 11 is 0. The zero-order valence-electron chi connectivity index (χ0n) is 13.8. The Morgan fingerprint density at radius 3 is 2.22 bits per heavy atom. The van der Waals surface area contributed by atoms with Gasteiger partial charge in [0.2, 0.25) is 0 Å². The zero-order chi connectivity index (χ0) is 15.8. The van der Waals surface area contributed by atoms with Gasteiger partial charge in [-0.2, -0.15) is 0 Å². The number of allylic oxidation sites excluding steroid dienone is 6. The second-order valence-electron chi connectivity index (χ2n) is 6.86. The van der Waals surface area contributed by atoms with Gasteiger partial charge in [-0.15, -0.1) is 0 Å². The molecule has 0 nitrogen and oxygen atoms in total.